The van der Waals surface area contributed by atoms with Gasteiger partial charge in [-0.05, 0) is 49.2 Å². The number of hydrogen-bond acceptors (Lipinski definition) is 3. The van der Waals surface area contributed by atoms with Crippen LogP contribution in [0.2, 0.25) is 0 Å². The molecule has 1 saturated heterocycles. The Bertz CT molecular complexity index is 878. The molecule has 0 radical (unpaired) electrons. The molecule has 0 aromatic heterocycles. The van der Waals surface area contributed by atoms with Gasteiger partial charge in [0.05, 0.1) is 10.6 Å². The Balaban J connectivity index is 1.81. The molecule has 0 saturated carbocycles. The van der Waals surface area contributed by atoms with Crippen LogP contribution in [0, 0.1) is 11.6 Å². The van der Waals surface area contributed by atoms with Crippen LogP contribution in [0.15, 0.2) is 47.4 Å². The van der Waals surface area contributed by atoms with E-state index in [1.54, 1.807) is 17.0 Å². The van der Waals surface area contributed by atoms with E-state index in [-0.39, 0.29) is 16.5 Å². The normalized spacial score (nSPS) is 15.3. The summed E-state index contributed by atoms with van der Waals surface area (Å²) in [5, 5.41) is 0. The Hall–Kier alpha value is -2.48. The van der Waals surface area contributed by atoms with Crippen molar-refractivity contribution in [2.24, 2.45) is 0 Å². The van der Waals surface area contributed by atoms with Crippen molar-refractivity contribution < 1.29 is 22.0 Å². The molecule has 5 nitrogen and oxygen atoms in total. The summed E-state index contributed by atoms with van der Waals surface area (Å²) >= 11 is 0. The topological polar surface area (TPSA) is 66.5 Å². The molecule has 1 amide bonds. The number of halogens is 2. The summed E-state index contributed by atoms with van der Waals surface area (Å²) < 4.78 is 53.2. The Morgan fingerprint density at radius 1 is 0.960 bits per heavy atom. The number of piperidine rings is 1. The van der Waals surface area contributed by atoms with Gasteiger partial charge < -0.3 is 4.90 Å². The van der Waals surface area contributed by atoms with Gasteiger partial charge in [0.25, 0.3) is 10.0 Å². The van der Waals surface area contributed by atoms with E-state index in [0.29, 0.717) is 24.7 Å². The highest BCUT2D eigenvalue weighted by molar-refractivity contribution is 7.92. The molecule has 132 valence electrons. The first-order valence-electron chi connectivity index (χ1n) is 7.74. The second-order valence-electron chi connectivity index (χ2n) is 5.76. The number of benzene rings is 2. The Labute approximate surface area is 144 Å². The predicted octanol–water partition coefficient (Wildman–Crippen LogP) is 3.28. The second-order valence-corrected chi connectivity index (χ2v) is 7.44. The number of nitrogens with one attached hydrogen (secondary N) is 1. The highest BCUT2D eigenvalue weighted by atomic mass is 32.2. The van der Waals surface area contributed by atoms with Crippen LogP contribution < -0.4 is 9.62 Å². The molecule has 0 aliphatic carbocycles. The summed E-state index contributed by atoms with van der Waals surface area (Å²) in [7, 11) is -3.99. The van der Waals surface area contributed by atoms with Gasteiger partial charge >= 0.3 is 0 Å². The van der Waals surface area contributed by atoms with Gasteiger partial charge in [-0.3, -0.25) is 9.52 Å². The highest BCUT2D eigenvalue weighted by Crippen LogP contribution is 2.24. The third kappa shape index (κ3) is 3.96. The first-order chi connectivity index (χ1) is 11.8. The average molecular weight is 366 g/mol. The lowest BCUT2D eigenvalue weighted by Crippen LogP contribution is -2.35. The Kier molecular flexibility index (Phi) is 4.71. The molecule has 0 bridgehead atoms. The minimum Gasteiger partial charge on any atom is -0.312 e. The van der Waals surface area contributed by atoms with Crippen molar-refractivity contribution >= 4 is 27.3 Å². The van der Waals surface area contributed by atoms with E-state index >= 15 is 0 Å². The van der Waals surface area contributed by atoms with Crippen molar-refractivity contribution in [2.75, 3.05) is 16.2 Å². The molecule has 0 unspecified atom stereocenters. The monoisotopic (exact) mass is 366 g/mol. The SMILES string of the molecule is O=C1CCCCN1c1ccc(S(=O)(=O)Nc2cc(F)cc(F)c2)cc1. The molecule has 25 heavy (non-hydrogen) atoms. The zero-order chi connectivity index (χ0) is 18.0. The molecule has 1 heterocycles. The molecule has 1 aliphatic heterocycles. The van der Waals surface area contributed by atoms with Gasteiger partial charge in [0.1, 0.15) is 11.6 Å². The van der Waals surface area contributed by atoms with E-state index in [2.05, 4.69) is 4.72 Å². The van der Waals surface area contributed by atoms with Gasteiger partial charge in [-0.25, -0.2) is 17.2 Å². The smallest absolute Gasteiger partial charge is 0.261 e. The van der Waals surface area contributed by atoms with E-state index < -0.39 is 21.7 Å². The van der Waals surface area contributed by atoms with Crippen LogP contribution >= 0.6 is 0 Å². The Morgan fingerprint density at radius 3 is 2.20 bits per heavy atom. The quantitative estimate of drug-likeness (QED) is 0.903. The fourth-order valence-electron chi connectivity index (χ4n) is 2.71. The molecule has 2 aromatic carbocycles. The molecule has 3 rings (SSSR count). The number of anilines is 2. The molecule has 8 heteroatoms. The first-order valence-corrected chi connectivity index (χ1v) is 9.23. The largest absolute Gasteiger partial charge is 0.312 e. The molecule has 0 spiro atoms. The van der Waals surface area contributed by atoms with Crippen LogP contribution in [0.5, 0.6) is 0 Å². The molecular formula is C17H16F2N2O3S. The Morgan fingerprint density at radius 2 is 1.60 bits per heavy atom. The maximum absolute atomic E-state index is 13.2. The average Bonchev–Trinajstić information content (AvgIpc) is 2.54. The zero-order valence-electron chi connectivity index (χ0n) is 13.2. The minimum atomic E-state index is -3.99. The maximum atomic E-state index is 13.2. The van der Waals surface area contributed by atoms with Gasteiger partial charge in [0.15, 0.2) is 0 Å². The maximum Gasteiger partial charge on any atom is 0.261 e. The molecule has 0 atom stereocenters. The third-order valence-electron chi connectivity index (χ3n) is 3.90. The fraction of sp³-hybridized carbons (Fsp3) is 0.235. The van der Waals surface area contributed by atoms with Gasteiger partial charge in [0, 0.05) is 24.7 Å². The van der Waals surface area contributed by atoms with Crippen LogP contribution in [-0.4, -0.2) is 20.9 Å². The summed E-state index contributed by atoms with van der Waals surface area (Å²) in [5.41, 5.74) is 0.424. The van der Waals surface area contributed by atoms with Crippen LogP contribution in [0.1, 0.15) is 19.3 Å². The van der Waals surface area contributed by atoms with E-state index in [4.69, 9.17) is 0 Å². The summed E-state index contributed by atoms with van der Waals surface area (Å²) in [6, 6.07) is 8.24. The van der Waals surface area contributed by atoms with Crippen molar-refractivity contribution in [3.05, 3.63) is 54.1 Å². The van der Waals surface area contributed by atoms with E-state index in [0.717, 1.165) is 25.0 Å². The number of carbonyl (C=O) groups excluding carboxylic acids is 1. The van der Waals surface area contributed by atoms with Crippen LogP contribution in [-0.2, 0) is 14.8 Å². The fourth-order valence-corrected chi connectivity index (χ4v) is 3.75. The molecule has 1 N–H and O–H groups in total. The van der Waals surface area contributed by atoms with Crippen LogP contribution in [0.25, 0.3) is 0 Å². The molecule has 1 fully saturated rings. The van der Waals surface area contributed by atoms with Crippen molar-refractivity contribution in [3.8, 4) is 0 Å². The third-order valence-corrected chi connectivity index (χ3v) is 5.29. The number of nitrogens with zero attached hydrogens (tertiary/aromatic N) is 1. The van der Waals surface area contributed by atoms with Crippen LogP contribution in [0.3, 0.4) is 0 Å². The van der Waals surface area contributed by atoms with Gasteiger partial charge in [-0.2, -0.15) is 0 Å². The summed E-state index contributed by atoms with van der Waals surface area (Å²) in [6.45, 7) is 0.603. The lowest BCUT2D eigenvalue weighted by Gasteiger charge is -2.26. The van der Waals surface area contributed by atoms with Crippen molar-refractivity contribution in [3.63, 3.8) is 0 Å². The van der Waals surface area contributed by atoms with E-state index in [1.807, 2.05) is 0 Å². The highest BCUT2D eigenvalue weighted by Gasteiger charge is 2.21. The first kappa shape index (κ1) is 17.3. The van der Waals surface area contributed by atoms with Crippen molar-refractivity contribution in [2.45, 2.75) is 24.2 Å². The van der Waals surface area contributed by atoms with Gasteiger partial charge in [0.2, 0.25) is 5.91 Å². The molecular weight excluding hydrogens is 350 g/mol. The standard InChI is InChI=1S/C17H16F2N2O3S/c18-12-9-13(19)11-14(10-12)20-25(23,24)16-6-4-15(5-7-16)21-8-2-1-3-17(21)22/h4-7,9-11,20H,1-3,8H2. The predicted molar refractivity (Wildman–Crippen MR) is 89.8 cm³/mol. The lowest BCUT2D eigenvalue weighted by molar-refractivity contribution is -0.119. The zero-order valence-corrected chi connectivity index (χ0v) is 14.0. The molecule has 2 aromatic rings. The summed E-state index contributed by atoms with van der Waals surface area (Å²) in [4.78, 5) is 13.5. The second kappa shape index (κ2) is 6.79. The van der Waals surface area contributed by atoms with Crippen molar-refractivity contribution in [1.82, 2.24) is 0 Å². The number of carbonyl (C=O) groups is 1. The van der Waals surface area contributed by atoms with E-state index in [9.17, 15) is 22.0 Å². The summed E-state index contributed by atoms with van der Waals surface area (Å²) in [6.07, 6.45) is 2.24. The van der Waals surface area contributed by atoms with Gasteiger partial charge in [-0.15, -0.1) is 0 Å². The van der Waals surface area contributed by atoms with E-state index in [1.165, 1.54) is 12.1 Å². The molecule has 1 aliphatic rings. The van der Waals surface area contributed by atoms with Gasteiger partial charge in [-0.1, -0.05) is 0 Å². The minimum absolute atomic E-state index is 0.00946. The number of rotatable bonds is 4. The van der Waals surface area contributed by atoms with Crippen LogP contribution in [0.4, 0.5) is 20.2 Å². The number of sulfonamides is 1. The number of hydrogen-bond donors (Lipinski definition) is 1. The number of amides is 1. The lowest BCUT2D eigenvalue weighted by atomic mass is 10.1. The van der Waals surface area contributed by atoms with Crippen molar-refractivity contribution in [1.29, 1.82) is 0 Å². The summed E-state index contributed by atoms with van der Waals surface area (Å²) in [5.74, 6) is -1.75.